The number of anilines is 8. The molecule has 0 unspecified atom stereocenters. The van der Waals surface area contributed by atoms with E-state index in [9.17, 15) is 23.7 Å². The van der Waals surface area contributed by atoms with Crippen molar-refractivity contribution in [3.8, 4) is 0 Å². The molecule has 0 bridgehead atoms. The molecule has 40 nitrogen and oxygen atoms in total. The molecule has 0 radical (unpaired) electrons. The quantitative estimate of drug-likeness (QED) is 0.0446. The fourth-order valence-electron chi connectivity index (χ4n) is 16.5. The summed E-state index contributed by atoms with van der Waals surface area (Å²) in [5.41, 5.74) is 14.2. The van der Waals surface area contributed by atoms with Gasteiger partial charge in [-0.25, -0.2) is 69.4 Å². The highest BCUT2D eigenvalue weighted by molar-refractivity contribution is 8.24. The van der Waals surface area contributed by atoms with Crippen molar-refractivity contribution in [3.63, 3.8) is 0 Å². The van der Waals surface area contributed by atoms with Crippen LogP contribution in [0.3, 0.4) is 0 Å². The molecule has 8 aliphatic rings. The van der Waals surface area contributed by atoms with E-state index in [0.29, 0.717) is 79.6 Å². The number of nitrogens with two attached hydrogens (primary N) is 2. The predicted octanol–water partition coefficient (Wildman–Crippen LogP) is 16.1. The number of thiophene rings is 5. The number of hydrogen-bond acceptors (Lipinski definition) is 41. The van der Waals surface area contributed by atoms with Crippen molar-refractivity contribution in [2.75, 3.05) is 257 Å². The molecule has 3 amide bonds. The fraction of sp³-hybridized carbons (Fsp3) is 0.511. The number of nitrogen functional groups attached to an aromatic ring is 1. The van der Waals surface area contributed by atoms with Crippen molar-refractivity contribution in [1.82, 2.24) is 79.9 Å². The van der Waals surface area contributed by atoms with Crippen molar-refractivity contribution >= 4 is 264 Å². The van der Waals surface area contributed by atoms with E-state index in [-0.39, 0.29) is 23.3 Å². The van der Waals surface area contributed by atoms with Gasteiger partial charge in [-0.3, -0.25) is 14.2 Å². The van der Waals surface area contributed by atoms with Crippen LogP contribution in [0.4, 0.5) is 56.0 Å². The lowest BCUT2D eigenvalue weighted by Crippen LogP contribution is -2.50. The van der Waals surface area contributed by atoms with Crippen LogP contribution in [0.1, 0.15) is 91.2 Å². The normalized spacial score (nSPS) is 16.7. The Morgan fingerprint density at radius 2 is 0.736 bits per heavy atom. The highest BCUT2D eigenvalue weighted by Gasteiger charge is 2.31. The number of morpholine rings is 5. The van der Waals surface area contributed by atoms with Crippen LogP contribution in [0.15, 0.2) is 90.8 Å². The van der Waals surface area contributed by atoms with Crippen LogP contribution in [-0.4, -0.2) is 327 Å². The number of likely N-dealkylation sites (tertiary alicyclic amines) is 1. The molecule has 0 aromatic carbocycles. The minimum atomic E-state index is -3.22. The Hall–Kier alpha value is -9.85. The van der Waals surface area contributed by atoms with E-state index in [0.717, 1.165) is 298 Å². The van der Waals surface area contributed by atoms with E-state index in [4.69, 9.17) is 85.4 Å². The Labute approximate surface area is 871 Å². The van der Waals surface area contributed by atoms with Crippen molar-refractivity contribution in [3.05, 3.63) is 106 Å². The molecule has 0 aliphatic carbocycles. The van der Waals surface area contributed by atoms with Crippen LogP contribution in [0, 0.1) is 0 Å². The number of nitrogens with one attached hydrogen (secondary N) is 2. The Kier molecular flexibility index (Phi) is 38.5. The maximum atomic E-state index is 12.4. The third-order valence-corrected chi connectivity index (χ3v) is 29.3. The average Bonchev–Trinajstić information content (AvgIpc) is 1.62. The Bertz CT molecular complexity index is 6750. The van der Waals surface area contributed by atoms with Gasteiger partial charge in [0, 0.05) is 178 Å². The maximum Gasteiger partial charge on any atom is 0.410 e. The lowest BCUT2D eigenvalue weighted by molar-refractivity contribution is -0.282. The number of carbonyl (C=O) groups excluding carboxylic acids is 3. The number of amides is 3. The third kappa shape index (κ3) is 29.0. The first-order chi connectivity index (χ1) is 69.4. The molecule has 22 rings (SSSR count). The predicted molar refractivity (Wildman–Crippen MR) is 577 cm³/mol. The van der Waals surface area contributed by atoms with Gasteiger partial charge >= 0.3 is 17.4 Å². The summed E-state index contributed by atoms with van der Waals surface area (Å²) >= 11 is 27.5. The summed E-state index contributed by atoms with van der Waals surface area (Å²) in [6.45, 7) is 42.7. The SMILES string of the molecule is CC(C)(C)OC(=O)N1CCCCC1.CC(C)(C)OC(=O)N1CCN(c2ncnc3c2sc2nc(N4CCOCC4)ccc23)CC1.CCOC(OCC)OCC.Clc1ncnc2c1sc1nc(N3CCOCC3)ccc12.NC(=O)c1sc2nc(N3CCOCC3)ccc2c1N.O=P(Cl)(Cl)Cl.O=c1[nH]cnc2c1sc1nc(N3CCOCC3)ccc12.c1nc(N2CCNCC2)c2sc3nc(N4CCOCC4)ccc3c2n1. The average molecular weight is 2170 g/mol. The second-order valence-electron chi connectivity index (χ2n) is 35.5. The van der Waals surface area contributed by atoms with E-state index in [1.807, 2.05) is 92.6 Å². The smallest absolute Gasteiger partial charge is 0.410 e. The number of piperazine rings is 2. The zero-order valence-electron chi connectivity index (χ0n) is 81.8. The summed E-state index contributed by atoms with van der Waals surface area (Å²) in [7, 11) is 0. The Balaban J connectivity index is 0.000000128. The van der Waals surface area contributed by atoms with Gasteiger partial charge in [-0.2, -0.15) is 0 Å². The number of hydrogen-bond donors (Lipinski definition) is 4. The van der Waals surface area contributed by atoms with E-state index >= 15 is 0 Å². The zero-order valence-corrected chi connectivity index (χ0v) is 89.8. The van der Waals surface area contributed by atoms with Crippen LogP contribution in [0.5, 0.6) is 0 Å². The molecule has 14 aromatic heterocycles. The minimum absolute atomic E-state index is 0.106. The van der Waals surface area contributed by atoms with Crippen molar-refractivity contribution in [2.24, 2.45) is 5.73 Å². The first-order valence-corrected chi connectivity index (χ1v) is 56.7. The number of aromatic amines is 1. The Morgan fingerprint density at radius 3 is 1.10 bits per heavy atom. The summed E-state index contributed by atoms with van der Waals surface area (Å²) in [6.07, 6.45) is 9.28. The van der Waals surface area contributed by atoms with Gasteiger partial charge in [-0.05, 0) is 176 Å². The summed E-state index contributed by atoms with van der Waals surface area (Å²) in [5.74, 6) is 6.26. The van der Waals surface area contributed by atoms with E-state index in [2.05, 4.69) is 154 Å². The highest BCUT2D eigenvalue weighted by Crippen LogP contribution is 2.61. The molecule has 8 aliphatic heterocycles. The molecule has 0 atom stereocenters. The van der Waals surface area contributed by atoms with Gasteiger partial charge in [-0.15, -0.1) is 56.7 Å². The first-order valence-electron chi connectivity index (χ1n) is 47.8. The number of H-pyrrole nitrogens is 1. The number of rotatable bonds is 14. The highest BCUT2D eigenvalue weighted by atomic mass is 36.0. The molecule has 50 heteroatoms. The molecule has 0 saturated carbocycles. The minimum Gasteiger partial charge on any atom is -0.444 e. The second kappa shape index (κ2) is 51.2. The summed E-state index contributed by atoms with van der Waals surface area (Å²) < 4.78 is 66.2. The van der Waals surface area contributed by atoms with Gasteiger partial charge < -0.3 is 113 Å². The van der Waals surface area contributed by atoms with Crippen molar-refractivity contribution < 1.29 is 66.3 Å². The first kappa shape index (κ1) is 108. The summed E-state index contributed by atoms with van der Waals surface area (Å²) in [5, 5.41) is 5.60. The molecule has 774 valence electrons. The van der Waals surface area contributed by atoms with Crippen molar-refractivity contribution in [2.45, 2.75) is 99.3 Å². The van der Waals surface area contributed by atoms with Crippen LogP contribution in [0.25, 0.3) is 91.9 Å². The number of halogens is 4. The van der Waals surface area contributed by atoms with E-state index < -0.39 is 23.2 Å². The van der Waals surface area contributed by atoms with Crippen LogP contribution < -0.4 is 56.6 Å². The van der Waals surface area contributed by atoms with Gasteiger partial charge in [0.2, 0.25) is 0 Å². The number of nitrogens with zero attached hydrogens (tertiary/aromatic N) is 21. The number of fused-ring (bicyclic) bond motifs is 13. The zero-order chi connectivity index (χ0) is 102. The van der Waals surface area contributed by atoms with Crippen LogP contribution in [-0.2, 0) is 51.9 Å². The standard InChI is InChI=1S/C22H28N6O3S.C17H20N6OS.C13H11ClN4OS.C13H12N4O2S.C12H14N4O2S.C10H19NO2.C7H16O3.Cl3OP/c1-22(2,3)31-21(29)28-8-6-27(7-9-28)19-18-17(23-14-24-19)15-4-5-16(25-20(15)32-18)26-10-12-30-13-11-26;1-2-13(22-7-9-24-10-8-22)21-17-12(1)14-15(25-17)16(20-11-19-14)23-5-3-18-4-6-23;14-12-11-10(15-7-16-12)8-1-2-9(17-13(8)20-11)18-3-5-19-6-4-18;18-12-11-10(14-7-15-12)8-1-2-9(16-13(8)20-11)17-3-5-19-6-4-17;13-9-7-1-2-8(16-3-5-18-6-4-16)15-12(7)19-10(9)11(14)17;1-10(2,3)13-9(12)11-7-5-4-6-8-11;1-4-8-7(9-5-2)10-6-3;1-5(2,3)4/h4-5,14H,6-13H2,1-3H3;1-2,11,18H,3-10H2;1-2,7H,3-6H2;1-2,7H,3-6H2,(H,14,15,18);1-2H,3-6,13H2,(H2,14,17);4-8H2,1-3H3;7H,4-6H2,1-3H3;. The van der Waals surface area contributed by atoms with Gasteiger partial charge in [0.15, 0.2) is 0 Å². The number of carbonyl (C=O) groups is 3. The van der Waals surface area contributed by atoms with Crippen LogP contribution in [0.2, 0.25) is 5.15 Å². The fourth-order valence-corrected chi connectivity index (χ4v) is 22.0. The number of ether oxygens (including phenoxy) is 10. The van der Waals surface area contributed by atoms with Gasteiger partial charge in [-0.1, -0.05) is 11.6 Å². The molecule has 22 heterocycles. The second-order valence-corrected chi connectivity index (χ2v) is 47.5. The van der Waals surface area contributed by atoms with Gasteiger partial charge in [0.25, 0.3) is 17.9 Å². The number of aromatic nitrogens is 13. The molecule has 14 aromatic rings. The molecule has 0 spiro atoms. The Morgan fingerprint density at radius 1 is 0.417 bits per heavy atom. The maximum absolute atomic E-state index is 12.4. The lowest BCUT2D eigenvalue weighted by atomic mass is 10.1. The van der Waals surface area contributed by atoms with E-state index in [1.54, 1.807) is 56.5 Å². The molecule has 144 heavy (non-hydrogen) atoms. The molecular formula is C94H120Cl4N25O15PS5. The summed E-state index contributed by atoms with van der Waals surface area (Å²) in [6, 6.07) is 20.3. The molecule has 8 fully saturated rings. The number of pyridine rings is 5. The third-order valence-electron chi connectivity index (χ3n) is 23.4. The lowest BCUT2D eigenvalue weighted by Gasteiger charge is -2.36. The summed E-state index contributed by atoms with van der Waals surface area (Å²) in [4.78, 5) is 128. The molecular weight excluding hydrogens is 2050 g/mol. The monoisotopic (exact) mass is 2170 g/mol. The van der Waals surface area contributed by atoms with Crippen molar-refractivity contribution in [1.29, 1.82) is 0 Å². The van der Waals surface area contributed by atoms with Gasteiger partial charge in [0.05, 0.1) is 114 Å². The molecule has 6 N–H and O–H groups in total. The number of primary amides is 1. The van der Waals surface area contributed by atoms with E-state index in [1.165, 1.54) is 41.7 Å². The van der Waals surface area contributed by atoms with Gasteiger partial charge in [0.1, 0.15) is 110 Å². The van der Waals surface area contributed by atoms with Crippen LogP contribution >= 0.6 is 107 Å². The number of piperidine rings is 1. The molecule has 8 saturated heterocycles. The largest absolute Gasteiger partial charge is 0.444 e. The topological polar surface area (TPSA) is 441 Å².